The van der Waals surface area contributed by atoms with Crippen LogP contribution in [0.2, 0.25) is 0 Å². The van der Waals surface area contributed by atoms with E-state index in [2.05, 4.69) is 20.3 Å². The van der Waals surface area contributed by atoms with E-state index >= 15 is 0 Å². The Hall–Kier alpha value is -5.74. The van der Waals surface area contributed by atoms with Gasteiger partial charge in [-0.25, -0.2) is 13.2 Å². The molecule has 1 aliphatic heterocycles. The van der Waals surface area contributed by atoms with Crippen molar-refractivity contribution in [3.63, 3.8) is 0 Å². The number of nitrogens with zero attached hydrogens (tertiary/aromatic N) is 2. The Morgan fingerprint density at radius 3 is 2.27 bits per heavy atom. The Kier molecular flexibility index (Phi) is 13.1. The number of nitrogens with one attached hydrogen (secondary N) is 3. The van der Waals surface area contributed by atoms with E-state index in [-0.39, 0.29) is 33.7 Å². The monoisotopic (exact) mass is 825 g/mol. The quantitative estimate of drug-likeness (QED) is 0.0529. The molecule has 0 aliphatic carbocycles. The van der Waals surface area contributed by atoms with Crippen molar-refractivity contribution in [2.45, 2.75) is 45.4 Å². The number of aromatic nitrogens is 1. The van der Waals surface area contributed by atoms with E-state index in [1.807, 2.05) is 63.2 Å². The molecule has 1 fully saturated rings. The first-order valence-corrected chi connectivity index (χ1v) is 21.2. The number of fused-ring (bicyclic) bond motifs is 1. The molecule has 0 bridgehead atoms. The third-order valence-electron chi connectivity index (χ3n) is 10.1. The summed E-state index contributed by atoms with van der Waals surface area (Å²) in [7, 11) is -0.708. The average Bonchev–Trinajstić information content (AvgIpc) is 3.18. The topological polar surface area (TPSA) is 177 Å². The first-order chi connectivity index (χ1) is 28.0. The number of Topliss-reactive ketones (excluding diaryl/α,β-unsaturated/α-hetero) is 1. The number of hydrogen-bond acceptors (Lipinski definition) is 10. The number of benzene rings is 4. The lowest BCUT2D eigenvalue weighted by Gasteiger charge is -2.45. The standard InChI is InChI=1S/C44H51N5O9S/c1-44(2,3)30-26-37(42(56-5)38(27-30)48-59(6,53)54)47-43(51)46-36-15-16-40(34-11-8-7-10-33(34)36)58-32-17-18-45-31(28-32)24-29-13-14-35(41(25-29)55-4)39(50)12-9-19-49(52)20-22-57-23-21-49/h7-8,10-11,13-18,25-28,48H,9,12,19-24H2,1-6H3,(H2,46,47,51). The number of hydroxylamine groups is 3. The maximum atomic E-state index is 13.5. The van der Waals surface area contributed by atoms with Gasteiger partial charge in [0.1, 0.15) is 30.3 Å². The molecule has 0 radical (unpaired) electrons. The Morgan fingerprint density at radius 1 is 0.864 bits per heavy atom. The SMILES string of the molecule is COc1cc(Cc2cc(Oc3ccc(NC(=O)Nc4cc(C(C)(C)C)cc(NS(C)(=O)=O)c4OC)c4ccccc34)ccn2)ccc1C(=O)CCC[N+]1([O-])CCOCC1. The van der Waals surface area contributed by atoms with E-state index in [9.17, 15) is 23.2 Å². The van der Waals surface area contributed by atoms with Gasteiger partial charge in [-0.3, -0.25) is 14.5 Å². The van der Waals surface area contributed by atoms with Crippen LogP contribution in [-0.2, 0) is 26.6 Å². The number of methoxy groups -OCH3 is 2. The highest BCUT2D eigenvalue weighted by Gasteiger charge is 2.24. The molecule has 1 saturated heterocycles. The zero-order chi connectivity index (χ0) is 42.4. The molecule has 59 heavy (non-hydrogen) atoms. The third-order valence-corrected chi connectivity index (χ3v) is 10.6. The largest absolute Gasteiger partial charge is 0.633 e. The molecule has 0 unspecified atom stereocenters. The Labute approximate surface area is 345 Å². The summed E-state index contributed by atoms with van der Waals surface area (Å²) in [6.07, 6.45) is 3.92. The maximum absolute atomic E-state index is 13.5. The lowest BCUT2D eigenvalue weighted by molar-refractivity contribution is -0.888. The first-order valence-electron chi connectivity index (χ1n) is 19.3. The maximum Gasteiger partial charge on any atom is 0.323 e. The minimum absolute atomic E-state index is 0.0694. The number of amides is 2. The molecule has 3 N–H and O–H groups in total. The number of carbonyl (C=O) groups excluding carboxylic acids is 2. The van der Waals surface area contributed by atoms with Gasteiger partial charge in [-0.1, -0.05) is 51.1 Å². The first kappa shape index (κ1) is 42.9. The van der Waals surface area contributed by atoms with Crippen molar-refractivity contribution in [2.24, 2.45) is 0 Å². The van der Waals surface area contributed by atoms with E-state index in [1.165, 1.54) is 14.2 Å². The number of hydrogen-bond donors (Lipinski definition) is 3. The van der Waals surface area contributed by atoms with Gasteiger partial charge < -0.3 is 39.4 Å². The number of ether oxygens (including phenoxy) is 4. The van der Waals surface area contributed by atoms with Gasteiger partial charge in [0, 0.05) is 48.0 Å². The molecule has 1 aromatic heterocycles. The minimum Gasteiger partial charge on any atom is -0.633 e. The van der Waals surface area contributed by atoms with Gasteiger partial charge >= 0.3 is 6.03 Å². The molecule has 14 nitrogen and oxygen atoms in total. The van der Waals surface area contributed by atoms with E-state index < -0.39 is 16.1 Å². The third kappa shape index (κ3) is 11.1. The smallest absolute Gasteiger partial charge is 0.323 e. The highest BCUT2D eigenvalue weighted by Crippen LogP contribution is 2.40. The second-order valence-corrected chi connectivity index (χ2v) is 17.4. The number of urea groups is 1. The predicted molar refractivity (Wildman–Crippen MR) is 229 cm³/mol. The molecule has 2 heterocycles. The molecule has 2 amide bonds. The second-order valence-electron chi connectivity index (χ2n) is 15.6. The van der Waals surface area contributed by atoms with Crippen LogP contribution >= 0.6 is 0 Å². The molecule has 6 rings (SSSR count). The fourth-order valence-corrected chi connectivity index (χ4v) is 7.54. The van der Waals surface area contributed by atoms with Gasteiger partial charge in [0.25, 0.3) is 0 Å². The van der Waals surface area contributed by atoms with Crippen molar-refractivity contribution in [3.05, 3.63) is 113 Å². The molecule has 0 atom stereocenters. The molecular formula is C44H51N5O9S. The van der Waals surface area contributed by atoms with Gasteiger partial charge in [0.2, 0.25) is 10.0 Å². The second kappa shape index (κ2) is 18.0. The van der Waals surface area contributed by atoms with Crippen LogP contribution in [-0.4, -0.2) is 83.2 Å². The van der Waals surface area contributed by atoms with Crippen LogP contribution in [0, 0.1) is 5.21 Å². The number of sulfonamides is 1. The fraction of sp³-hybridized carbons (Fsp3) is 0.341. The number of ketones is 1. The van der Waals surface area contributed by atoms with Gasteiger partial charge in [-0.15, -0.1) is 0 Å². The summed E-state index contributed by atoms with van der Waals surface area (Å²) in [6, 6.07) is 23.0. The number of anilines is 3. The van der Waals surface area contributed by atoms with Gasteiger partial charge in [-0.05, 0) is 59.0 Å². The molecule has 15 heteroatoms. The number of carbonyl (C=O) groups is 2. The van der Waals surface area contributed by atoms with Gasteiger partial charge in [0.15, 0.2) is 11.5 Å². The van der Waals surface area contributed by atoms with Gasteiger partial charge in [0.05, 0.1) is 62.9 Å². The summed E-state index contributed by atoms with van der Waals surface area (Å²) in [5.41, 5.74) is 3.54. The number of quaternary nitrogens is 1. The summed E-state index contributed by atoms with van der Waals surface area (Å²) in [6.45, 7) is 8.05. The highest BCUT2D eigenvalue weighted by molar-refractivity contribution is 7.92. The van der Waals surface area contributed by atoms with E-state index in [1.54, 1.807) is 42.6 Å². The number of morpholine rings is 1. The molecule has 312 valence electrons. The summed E-state index contributed by atoms with van der Waals surface area (Å²) in [5, 5.41) is 20.1. The van der Waals surface area contributed by atoms with Crippen LogP contribution < -0.4 is 29.6 Å². The zero-order valence-corrected chi connectivity index (χ0v) is 35.0. The fourth-order valence-electron chi connectivity index (χ4n) is 6.99. The highest BCUT2D eigenvalue weighted by atomic mass is 32.2. The van der Waals surface area contributed by atoms with Gasteiger partial charge in [-0.2, -0.15) is 0 Å². The van der Waals surface area contributed by atoms with Crippen molar-refractivity contribution in [1.29, 1.82) is 0 Å². The van der Waals surface area contributed by atoms with Crippen molar-refractivity contribution < 1.29 is 41.6 Å². The van der Waals surface area contributed by atoms with E-state index in [0.29, 0.717) is 79.9 Å². The predicted octanol–water partition coefficient (Wildman–Crippen LogP) is 8.26. The van der Waals surface area contributed by atoms with Crippen LogP contribution in [0.3, 0.4) is 0 Å². The molecule has 0 spiro atoms. The Morgan fingerprint density at radius 2 is 1.58 bits per heavy atom. The normalized spacial score (nSPS) is 14.0. The number of rotatable bonds is 15. The summed E-state index contributed by atoms with van der Waals surface area (Å²) in [4.78, 5) is 31.2. The summed E-state index contributed by atoms with van der Waals surface area (Å²) < 4.78 is 49.4. The molecule has 4 aromatic carbocycles. The summed E-state index contributed by atoms with van der Waals surface area (Å²) >= 11 is 0. The molecular weight excluding hydrogens is 775 g/mol. The molecule has 1 aliphatic rings. The van der Waals surface area contributed by atoms with Crippen LogP contribution in [0.5, 0.6) is 23.0 Å². The van der Waals surface area contributed by atoms with Crippen LogP contribution in [0.4, 0.5) is 21.9 Å². The molecule has 0 saturated carbocycles. The lowest BCUT2D eigenvalue weighted by atomic mass is 9.86. The Bertz CT molecular complexity index is 2440. The van der Waals surface area contributed by atoms with Crippen LogP contribution in [0.15, 0.2) is 85.1 Å². The van der Waals surface area contributed by atoms with Crippen LogP contribution in [0.1, 0.15) is 60.8 Å². The zero-order valence-electron chi connectivity index (χ0n) is 34.2. The van der Waals surface area contributed by atoms with E-state index in [4.69, 9.17) is 18.9 Å². The van der Waals surface area contributed by atoms with Crippen molar-refractivity contribution in [3.8, 4) is 23.0 Å². The molecule has 5 aromatic rings. The lowest BCUT2D eigenvalue weighted by Crippen LogP contribution is -2.50. The Balaban J connectivity index is 1.15. The van der Waals surface area contributed by atoms with Crippen LogP contribution in [0.25, 0.3) is 10.8 Å². The minimum atomic E-state index is -3.65. The van der Waals surface area contributed by atoms with E-state index in [0.717, 1.165) is 33.8 Å². The van der Waals surface area contributed by atoms with Crippen molar-refractivity contribution >= 4 is 49.7 Å². The summed E-state index contributed by atoms with van der Waals surface area (Å²) in [5.74, 6) is 1.68. The average molecular weight is 826 g/mol. The number of pyridine rings is 1. The van der Waals surface area contributed by atoms with Crippen molar-refractivity contribution in [2.75, 3.05) is 68.7 Å². The van der Waals surface area contributed by atoms with Crippen molar-refractivity contribution in [1.82, 2.24) is 4.98 Å².